The van der Waals surface area contributed by atoms with Gasteiger partial charge in [0.05, 0.1) is 5.03 Å². The van der Waals surface area contributed by atoms with Crippen LogP contribution in [0.5, 0.6) is 0 Å². The van der Waals surface area contributed by atoms with Crippen LogP contribution in [0.25, 0.3) is 10.8 Å². The molecule has 2 bridgehead atoms. The number of carbonyl (C=O) groups excluding carboxylic acids is 1. The molecule has 1 aliphatic heterocycles. The summed E-state index contributed by atoms with van der Waals surface area (Å²) in [4.78, 5) is 29.8. The lowest BCUT2D eigenvalue weighted by Crippen LogP contribution is -2.34. The number of anilines is 2. The summed E-state index contributed by atoms with van der Waals surface area (Å²) >= 11 is 3.23. The molecule has 1 amide bonds. The summed E-state index contributed by atoms with van der Waals surface area (Å²) < 4.78 is 1.74. The topological polar surface area (TPSA) is 54.3 Å². The number of hydrogen-bond acceptors (Lipinski definition) is 5. The Morgan fingerprint density at radius 1 is 1.00 bits per heavy atom. The zero-order valence-corrected chi connectivity index (χ0v) is 23.2. The van der Waals surface area contributed by atoms with Gasteiger partial charge in [-0.05, 0) is 77.6 Å². The number of amides is 1. The summed E-state index contributed by atoms with van der Waals surface area (Å²) in [5, 5.41) is 6.78. The van der Waals surface area contributed by atoms with E-state index in [0.29, 0.717) is 17.1 Å². The summed E-state index contributed by atoms with van der Waals surface area (Å²) in [6.45, 7) is 0.0439. The molecule has 0 saturated heterocycles. The highest BCUT2D eigenvalue weighted by molar-refractivity contribution is 8.00. The maximum Gasteiger partial charge on any atom is 0.308 e. The second-order valence-electron chi connectivity index (χ2n) is 11.2. The molecule has 2 aliphatic carbocycles. The van der Waals surface area contributed by atoms with Crippen molar-refractivity contribution >= 4 is 51.2 Å². The molecule has 194 valence electrons. The zero-order chi connectivity index (χ0) is 26.0. The van der Waals surface area contributed by atoms with E-state index in [4.69, 9.17) is 0 Å². The summed E-state index contributed by atoms with van der Waals surface area (Å²) in [7, 11) is 4.12. The van der Waals surface area contributed by atoms with Crippen LogP contribution in [-0.4, -0.2) is 29.8 Å². The predicted molar refractivity (Wildman–Crippen MR) is 158 cm³/mol. The molecule has 5 nitrogen and oxygen atoms in total. The monoisotopic (exact) mass is 541 g/mol. The van der Waals surface area contributed by atoms with Gasteiger partial charge < -0.3 is 10.2 Å². The smallest absolute Gasteiger partial charge is 0.308 e. The third-order valence-corrected chi connectivity index (χ3v) is 11.6. The number of thioether (sulfide) groups is 1. The molecule has 3 aromatic carbocycles. The molecule has 7 heteroatoms. The first-order valence-corrected chi connectivity index (χ1v) is 15.1. The lowest BCUT2D eigenvalue weighted by atomic mass is 9.75. The highest BCUT2D eigenvalue weighted by Gasteiger charge is 2.55. The van der Waals surface area contributed by atoms with Crippen LogP contribution in [0, 0.1) is 17.8 Å². The number of fused-ring (bicyclic) bond motifs is 7. The first-order valence-electron chi connectivity index (χ1n) is 13.4. The number of benzene rings is 3. The van der Waals surface area contributed by atoms with E-state index in [2.05, 4.69) is 54.6 Å². The molecule has 7 rings (SSSR count). The van der Waals surface area contributed by atoms with Gasteiger partial charge in [0.2, 0.25) is 5.91 Å². The predicted octanol–water partition coefficient (Wildman–Crippen LogP) is 6.42. The largest absolute Gasteiger partial charge is 0.378 e. The minimum atomic E-state index is -0.162. The Morgan fingerprint density at radius 2 is 1.76 bits per heavy atom. The fraction of sp³-hybridized carbons (Fsp3) is 0.355. The van der Waals surface area contributed by atoms with Gasteiger partial charge in [-0.3, -0.25) is 14.2 Å². The molecule has 38 heavy (non-hydrogen) atoms. The number of aromatic nitrogens is 1. The average Bonchev–Trinajstić information content (AvgIpc) is 3.62. The van der Waals surface area contributed by atoms with Crippen LogP contribution in [-0.2, 0) is 11.3 Å². The maximum absolute atomic E-state index is 13.4. The van der Waals surface area contributed by atoms with Crippen LogP contribution in [0.3, 0.4) is 0 Å². The zero-order valence-electron chi connectivity index (χ0n) is 21.6. The van der Waals surface area contributed by atoms with Crippen molar-refractivity contribution < 1.29 is 4.79 Å². The minimum Gasteiger partial charge on any atom is -0.378 e. The lowest BCUT2D eigenvalue weighted by molar-refractivity contribution is -0.116. The van der Waals surface area contributed by atoms with E-state index >= 15 is 0 Å². The Kier molecular flexibility index (Phi) is 5.89. The number of nitrogens with one attached hydrogen (secondary N) is 1. The first-order chi connectivity index (χ1) is 18.5. The van der Waals surface area contributed by atoms with Crippen molar-refractivity contribution in [1.29, 1.82) is 0 Å². The molecule has 2 heterocycles. The Balaban J connectivity index is 1.22. The highest BCUT2D eigenvalue weighted by atomic mass is 32.2. The Morgan fingerprint density at radius 3 is 2.55 bits per heavy atom. The molecule has 1 aromatic heterocycles. The molecule has 5 atom stereocenters. The van der Waals surface area contributed by atoms with Crippen LogP contribution < -0.4 is 15.1 Å². The quantitative estimate of drug-likeness (QED) is 0.317. The summed E-state index contributed by atoms with van der Waals surface area (Å²) in [6, 6.07) is 22.9. The van der Waals surface area contributed by atoms with Gasteiger partial charge in [-0.2, -0.15) is 0 Å². The number of rotatable bonds is 5. The Bertz CT molecular complexity index is 1590. The van der Waals surface area contributed by atoms with Crippen LogP contribution in [0.1, 0.15) is 35.6 Å². The van der Waals surface area contributed by atoms with Crippen LogP contribution >= 0.6 is 23.1 Å². The fourth-order valence-corrected chi connectivity index (χ4v) is 10.2. The molecule has 2 fully saturated rings. The molecule has 0 spiro atoms. The van der Waals surface area contributed by atoms with Crippen molar-refractivity contribution in [2.24, 2.45) is 17.8 Å². The van der Waals surface area contributed by atoms with Crippen molar-refractivity contribution in [2.45, 2.75) is 42.0 Å². The van der Waals surface area contributed by atoms with Gasteiger partial charge in [0.1, 0.15) is 6.54 Å². The van der Waals surface area contributed by atoms with Gasteiger partial charge >= 0.3 is 4.87 Å². The first kappa shape index (κ1) is 24.0. The van der Waals surface area contributed by atoms with Crippen molar-refractivity contribution in [2.75, 3.05) is 24.3 Å². The molecule has 3 aliphatic rings. The van der Waals surface area contributed by atoms with E-state index in [1.54, 1.807) is 4.57 Å². The van der Waals surface area contributed by atoms with Gasteiger partial charge in [0.25, 0.3) is 0 Å². The normalized spacial score (nSPS) is 25.3. The fourth-order valence-electron chi connectivity index (χ4n) is 7.05. The van der Waals surface area contributed by atoms with E-state index in [0.717, 1.165) is 32.3 Å². The molecular formula is C31H31N3O2S2. The maximum atomic E-state index is 13.4. The van der Waals surface area contributed by atoms with Gasteiger partial charge in [0, 0.05) is 41.5 Å². The van der Waals surface area contributed by atoms with Gasteiger partial charge in [-0.25, -0.2) is 0 Å². The lowest BCUT2D eigenvalue weighted by Gasteiger charge is -2.40. The molecule has 2 saturated carbocycles. The van der Waals surface area contributed by atoms with Crippen LogP contribution in [0.2, 0.25) is 0 Å². The van der Waals surface area contributed by atoms with Crippen LogP contribution in [0.4, 0.5) is 11.4 Å². The van der Waals surface area contributed by atoms with E-state index < -0.39 is 0 Å². The summed E-state index contributed by atoms with van der Waals surface area (Å²) in [5.74, 6) is 2.07. The van der Waals surface area contributed by atoms with E-state index in [1.165, 1.54) is 41.9 Å². The van der Waals surface area contributed by atoms with Gasteiger partial charge in [-0.15, -0.1) is 11.8 Å². The minimum absolute atomic E-state index is 0.0293. The number of nitrogens with zero attached hydrogens (tertiary/aromatic N) is 2. The van der Waals surface area contributed by atoms with Crippen molar-refractivity contribution in [3.8, 4) is 0 Å². The summed E-state index contributed by atoms with van der Waals surface area (Å²) in [6.07, 6.45) is 3.89. The number of carbonyl (C=O) groups is 1. The molecule has 4 unspecified atom stereocenters. The molecule has 1 N–H and O–H groups in total. The van der Waals surface area contributed by atoms with Gasteiger partial charge in [-0.1, -0.05) is 53.8 Å². The van der Waals surface area contributed by atoms with Crippen molar-refractivity contribution in [3.05, 3.63) is 86.8 Å². The Hall–Kier alpha value is -3.03. The highest BCUT2D eigenvalue weighted by Crippen LogP contribution is 2.64. The van der Waals surface area contributed by atoms with Gasteiger partial charge in [0.15, 0.2) is 0 Å². The number of hydrogen-bond donors (Lipinski definition) is 1. The van der Waals surface area contributed by atoms with Crippen LogP contribution in [0.15, 0.2) is 76.6 Å². The SMILES string of the molecule is CN(C)c1ccc([C@@H]2c3sc(=O)n(CC(=O)Nc4ccc5ccccc5c4)c3SC3C4CCC(C4)C32)cc1. The second-order valence-corrected chi connectivity index (χ2v) is 13.4. The van der Waals surface area contributed by atoms with E-state index in [1.807, 2.05) is 48.2 Å². The average molecular weight is 542 g/mol. The standard InChI is InChI=1S/C31H31N3O2S2/c1-33(2)24-13-10-19(11-14-24)26-27-21-7-8-22(15-21)28(27)37-30-29(26)38-31(36)34(30)17-25(35)32-23-12-9-18-5-3-4-6-20(18)16-23/h3-6,9-14,16,21-22,26-28H,7-8,15,17H2,1-2H3,(H,32,35)/t21?,22?,26-,27?,28?/m0/s1. The van der Waals surface area contributed by atoms with E-state index in [-0.39, 0.29) is 23.2 Å². The Labute approximate surface area is 230 Å². The third-order valence-electron chi connectivity index (χ3n) is 8.79. The summed E-state index contributed by atoms with van der Waals surface area (Å²) in [5.41, 5.74) is 3.24. The molecule has 0 radical (unpaired) electrons. The van der Waals surface area contributed by atoms with E-state index in [9.17, 15) is 9.59 Å². The molecular weight excluding hydrogens is 510 g/mol. The van der Waals surface area contributed by atoms with Crippen molar-refractivity contribution in [1.82, 2.24) is 4.57 Å². The number of thiazole rings is 1. The second kappa shape index (κ2) is 9.31. The molecule has 4 aromatic rings. The van der Waals surface area contributed by atoms with Crippen molar-refractivity contribution in [3.63, 3.8) is 0 Å². The third kappa shape index (κ3) is 3.98.